The van der Waals surface area contributed by atoms with Gasteiger partial charge in [0.15, 0.2) is 0 Å². The minimum absolute atomic E-state index is 0.0565. The molecule has 25 heavy (non-hydrogen) atoms. The molecular weight excluding hydrogens is 316 g/mol. The van der Waals surface area contributed by atoms with Gasteiger partial charge in [-0.15, -0.1) is 0 Å². The lowest BCUT2D eigenvalue weighted by Gasteiger charge is -2.31. The van der Waals surface area contributed by atoms with Crippen molar-refractivity contribution >= 4 is 17.5 Å². The minimum atomic E-state index is -0.224. The van der Waals surface area contributed by atoms with E-state index in [0.29, 0.717) is 23.7 Å². The Labute approximate surface area is 147 Å². The number of pyridine rings is 1. The number of hydrogen-bond donors (Lipinski definition) is 3. The molecule has 1 aromatic heterocycles. The van der Waals surface area contributed by atoms with E-state index in [1.54, 1.807) is 30.6 Å². The zero-order valence-corrected chi connectivity index (χ0v) is 14.2. The average molecular weight is 338 g/mol. The SMILES string of the molecule is CC(C(=O)Nc1ccccc1C(=O)NCc1cccnc1)C1CNC1. The fourth-order valence-electron chi connectivity index (χ4n) is 2.70. The molecule has 1 atom stereocenters. The Bertz CT molecular complexity index is 744. The Balaban J connectivity index is 1.65. The smallest absolute Gasteiger partial charge is 0.253 e. The van der Waals surface area contributed by atoms with E-state index in [9.17, 15) is 9.59 Å². The first-order valence-corrected chi connectivity index (χ1v) is 8.43. The van der Waals surface area contributed by atoms with Gasteiger partial charge in [0.1, 0.15) is 0 Å². The van der Waals surface area contributed by atoms with Crippen LogP contribution in [0.25, 0.3) is 0 Å². The summed E-state index contributed by atoms with van der Waals surface area (Å²) in [7, 11) is 0. The predicted octanol–water partition coefficient (Wildman–Crippen LogP) is 1.81. The number of benzene rings is 1. The lowest BCUT2D eigenvalue weighted by Crippen LogP contribution is -2.48. The van der Waals surface area contributed by atoms with Crippen LogP contribution in [-0.4, -0.2) is 29.9 Å². The number of nitrogens with zero attached hydrogens (tertiary/aromatic N) is 1. The first kappa shape index (κ1) is 17.1. The summed E-state index contributed by atoms with van der Waals surface area (Å²) in [5, 5.41) is 8.94. The van der Waals surface area contributed by atoms with Crippen LogP contribution in [0.5, 0.6) is 0 Å². The normalized spacial score (nSPS) is 15.1. The molecule has 2 amide bonds. The highest BCUT2D eigenvalue weighted by molar-refractivity contribution is 6.04. The number of para-hydroxylation sites is 1. The molecular formula is C19H22N4O2. The predicted molar refractivity (Wildman–Crippen MR) is 96.0 cm³/mol. The largest absolute Gasteiger partial charge is 0.348 e. The molecule has 1 saturated heterocycles. The van der Waals surface area contributed by atoms with Gasteiger partial charge in [-0.1, -0.05) is 25.1 Å². The Hall–Kier alpha value is -2.73. The molecule has 1 aromatic carbocycles. The second kappa shape index (κ2) is 7.90. The van der Waals surface area contributed by atoms with Crippen molar-refractivity contribution in [1.82, 2.24) is 15.6 Å². The Morgan fingerprint density at radius 2 is 2.04 bits per heavy atom. The maximum atomic E-state index is 12.5. The van der Waals surface area contributed by atoms with Crippen LogP contribution in [0.1, 0.15) is 22.8 Å². The molecule has 130 valence electrons. The summed E-state index contributed by atoms with van der Waals surface area (Å²) in [6.07, 6.45) is 3.40. The molecule has 0 aliphatic carbocycles. The number of carbonyl (C=O) groups excluding carboxylic acids is 2. The standard InChI is InChI=1S/C19H22N4O2/c1-13(15-11-21-12-15)18(24)23-17-7-3-2-6-16(17)19(25)22-10-14-5-4-8-20-9-14/h2-9,13,15,21H,10-12H2,1H3,(H,22,25)(H,23,24). The fourth-order valence-corrected chi connectivity index (χ4v) is 2.70. The molecule has 6 heteroatoms. The van der Waals surface area contributed by atoms with E-state index >= 15 is 0 Å². The van der Waals surface area contributed by atoms with Gasteiger partial charge in [0.25, 0.3) is 5.91 Å². The van der Waals surface area contributed by atoms with Crippen LogP contribution < -0.4 is 16.0 Å². The van der Waals surface area contributed by atoms with Crippen molar-refractivity contribution in [2.24, 2.45) is 11.8 Å². The summed E-state index contributed by atoms with van der Waals surface area (Å²) >= 11 is 0. The maximum absolute atomic E-state index is 12.5. The highest BCUT2D eigenvalue weighted by atomic mass is 16.2. The highest BCUT2D eigenvalue weighted by Gasteiger charge is 2.29. The molecule has 1 unspecified atom stereocenters. The molecule has 1 fully saturated rings. The summed E-state index contributed by atoms with van der Waals surface area (Å²) in [5.74, 6) is -0.0175. The molecule has 0 saturated carbocycles. The van der Waals surface area contributed by atoms with Gasteiger partial charge in [-0.25, -0.2) is 0 Å². The molecule has 3 N–H and O–H groups in total. The Morgan fingerprint density at radius 3 is 2.72 bits per heavy atom. The van der Waals surface area contributed by atoms with Crippen molar-refractivity contribution < 1.29 is 9.59 Å². The van der Waals surface area contributed by atoms with Crippen LogP contribution in [0.4, 0.5) is 5.69 Å². The second-order valence-electron chi connectivity index (χ2n) is 6.29. The molecule has 0 spiro atoms. The number of amides is 2. The molecule has 6 nitrogen and oxygen atoms in total. The zero-order chi connectivity index (χ0) is 17.6. The Morgan fingerprint density at radius 1 is 1.24 bits per heavy atom. The number of anilines is 1. The lowest BCUT2D eigenvalue weighted by molar-refractivity contribution is -0.121. The maximum Gasteiger partial charge on any atom is 0.253 e. The van der Waals surface area contributed by atoms with Crippen molar-refractivity contribution in [1.29, 1.82) is 0 Å². The van der Waals surface area contributed by atoms with Crippen LogP contribution in [0.3, 0.4) is 0 Å². The monoisotopic (exact) mass is 338 g/mol. The van der Waals surface area contributed by atoms with Gasteiger partial charge in [-0.05, 0) is 42.8 Å². The van der Waals surface area contributed by atoms with Crippen molar-refractivity contribution in [3.05, 3.63) is 59.9 Å². The topological polar surface area (TPSA) is 83.1 Å². The number of nitrogens with one attached hydrogen (secondary N) is 3. The number of hydrogen-bond acceptors (Lipinski definition) is 4. The lowest BCUT2D eigenvalue weighted by atomic mass is 9.88. The molecule has 0 radical (unpaired) electrons. The number of carbonyl (C=O) groups is 2. The first-order chi connectivity index (χ1) is 12.1. The van der Waals surface area contributed by atoms with E-state index in [1.807, 2.05) is 25.1 Å². The zero-order valence-electron chi connectivity index (χ0n) is 14.2. The summed E-state index contributed by atoms with van der Waals surface area (Å²) < 4.78 is 0. The highest BCUT2D eigenvalue weighted by Crippen LogP contribution is 2.20. The third-order valence-electron chi connectivity index (χ3n) is 4.54. The van der Waals surface area contributed by atoms with Gasteiger partial charge < -0.3 is 16.0 Å². The van der Waals surface area contributed by atoms with Gasteiger partial charge in [-0.3, -0.25) is 14.6 Å². The van der Waals surface area contributed by atoms with Gasteiger partial charge >= 0.3 is 0 Å². The van der Waals surface area contributed by atoms with E-state index in [1.165, 1.54) is 0 Å². The van der Waals surface area contributed by atoms with Crippen molar-refractivity contribution in [2.75, 3.05) is 18.4 Å². The number of rotatable bonds is 6. The van der Waals surface area contributed by atoms with E-state index < -0.39 is 0 Å². The van der Waals surface area contributed by atoms with E-state index in [0.717, 1.165) is 18.7 Å². The van der Waals surface area contributed by atoms with E-state index in [-0.39, 0.29) is 17.7 Å². The molecule has 2 heterocycles. The number of aromatic nitrogens is 1. The van der Waals surface area contributed by atoms with Gasteiger partial charge in [-0.2, -0.15) is 0 Å². The van der Waals surface area contributed by atoms with Gasteiger partial charge in [0, 0.05) is 24.9 Å². The molecule has 1 aliphatic heterocycles. The van der Waals surface area contributed by atoms with Crippen molar-refractivity contribution in [2.45, 2.75) is 13.5 Å². The summed E-state index contributed by atoms with van der Waals surface area (Å²) in [4.78, 5) is 28.9. The third kappa shape index (κ3) is 4.22. The van der Waals surface area contributed by atoms with Crippen LogP contribution in [0.15, 0.2) is 48.8 Å². The summed E-state index contributed by atoms with van der Waals surface area (Å²) in [5.41, 5.74) is 1.91. The van der Waals surface area contributed by atoms with Crippen LogP contribution in [0, 0.1) is 11.8 Å². The summed E-state index contributed by atoms with van der Waals surface area (Å²) in [6.45, 7) is 4.04. The molecule has 2 aromatic rings. The van der Waals surface area contributed by atoms with Crippen molar-refractivity contribution in [3.8, 4) is 0 Å². The molecule has 3 rings (SSSR count). The van der Waals surface area contributed by atoms with E-state index in [4.69, 9.17) is 0 Å². The average Bonchev–Trinajstić information content (AvgIpc) is 2.59. The fraction of sp³-hybridized carbons (Fsp3) is 0.316. The third-order valence-corrected chi connectivity index (χ3v) is 4.54. The molecule has 1 aliphatic rings. The first-order valence-electron chi connectivity index (χ1n) is 8.43. The second-order valence-corrected chi connectivity index (χ2v) is 6.29. The van der Waals surface area contributed by atoms with Crippen LogP contribution >= 0.6 is 0 Å². The summed E-state index contributed by atoms with van der Waals surface area (Å²) in [6, 6.07) is 10.8. The van der Waals surface area contributed by atoms with Crippen LogP contribution in [-0.2, 0) is 11.3 Å². The molecule has 0 bridgehead atoms. The Kier molecular flexibility index (Phi) is 5.40. The van der Waals surface area contributed by atoms with Crippen LogP contribution in [0.2, 0.25) is 0 Å². The van der Waals surface area contributed by atoms with Gasteiger partial charge in [0.2, 0.25) is 5.91 Å². The minimum Gasteiger partial charge on any atom is -0.348 e. The van der Waals surface area contributed by atoms with Crippen molar-refractivity contribution in [3.63, 3.8) is 0 Å². The van der Waals surface area contributed by atoms with E-state index in [2.05, 4.69) is 20.9 Å². The van der Waals surface area contributed by atoms with Gasteiger partial charge in [0.05, 0.1) is 11.3 Å². The quantitative estimate of drug-likeness (QED) is 0.750.